The Kier molecular flexibility index (Phi) is 3.64. The molecule has 0 aliphatic carbocycles. The van der Waals surface area contributed by atoms with Crippen molar-refractivity contribution in [2.45, 2.75) is 12.5 Å². The normalized spacial score (nSPS) is 23.4. The molecule has 3 heteroatoms. The van der Waals surface area contributed by atoms with Crippen molar-refractivity contribution in [1.29, 1.82) is 0 Å². The summed E-state index contributed by atoms with van der Waals surface area (Å²) in [6.07, 6.45) is 1.19. The summed E-state index contributed by atoms with van der Waals surface area (Å²) in [6, 6.07) is 13.4. The summed E-state index contributed by atoms with van der Waals surface area (Å²) in [4.78, 5) is 2.42. The number of likely N-dealkylation sites (tertiary alicyclic amines) is 1. The number of benzene rings is 2. The molecule has 0 saturated carbocycles. The molecule has 1 aliphatic heterocycles. The average molecular weight is 270 g/mol. The van der Waals surface area contributed by atoms with E-state index in [1.807, 2.05) is 6.07 Å². The molecule has 0 bridgehead atoms. The fraction of sp³-hybridized carbons (Fsp3) is 0.412. The first-order chi connectivity index (χ1) is 9.72. The van der Waals surface area contributed by atoms with Crippen molar-refractivity contribution in [1.82, 2.24) is 4.90 Å². The van der Waals surface area contributed by atoms with E-state index < -0.39 is 0 Å². The van der Waals surface area contributed by atoms with Crippen LogP contribution in [0.2, 0.25) is 0 Å². The van der Waals surface area contributed by atoms with Gasteiger partial charge in [-0.1, -0.05) is 18.2 Å². The molecule has 1 saturated heterocycles. The number of nitrogens with zero attached hydrogens (tertiary/aromatic N) is 1. The monoisotopic (exact) mass is 270 g/mol. The van der Waals surface area contributed by atoms with Crippen molar-refractivity contribution in [3.05, 3.63) is 42.0 Å². The highest BCUT2D eigenvalue weighted by atomic mass is 16.5. The van der Waals surface area contributed by atoms with Crippen molar-refractivity contribution in [3.63, 3.8) is 0 Å². The quantitative estimate of drug-likeness (QED) is 0.932. The number of rotatable bonds is 3. The molecule has 0 aromatic heterocycles. The third-order valence-corrected chi connectivity index (χ3v) is 4.49. The number of ether oxygens (including phenoxy) is 1. The van der Waals surface area contributed by atoms with Gasteiger partial charge in [0.25, 0.3) is 0 Å². The highest BCUT2D eigenvalue weighted by Crippen LogP contribution is 2.36. The fourth-order valence-electron chi connectivity index (χ4n) is 3.35. The number of methoxy groups -OCH3 is 1. The molecular formula is C17H22N2O. The largest absolute Gasteiger partial charge is 0.497 e. The Morgan fingerprint density at radius 2 is 1.95 bits per heavy atom. The van der Waals surface area contributed by atoms with Crippen molar-refractivity contribution in [3.8, 4) is 5.75 Å². The van der Waals surface area contributed by atoms with Crippen LogP contribution in [-0.2, 0) is 0 Å². The Balaban J connectivity index is 2.00. The second-order valence-corrected chi connectivity index (χ2v) is 5.68. The smallest absolute Gasteiger partial charge is 0.119 e. The van der Waals surface area contributed by atoms with Gasteiger partial charge in [0, 0.05) is 6.04 Å². The summed E-state index contributed by atoms with van der Waals surface area (Å²) in [5, 5.41) is 2.48. The van der Waals surface area contributed by atoms with Crippen LogP contribution in [0.3, 0.4) is 0 Å². The van der Waals surface area contributed by atoms with Crippen LogP contribution in [0.1, 0.15) is 18.0 Å². The van der Waals surface area contributed by atoms with Crippen LogP contribution in [0.4, 0.5) is 0 Å². The molecule has 20 heavy (non-hydrogen) atoms. The second kappa shape index (κ2) is 5.43. The Bertz CT molecular complexity index is 611. The van der Waals surface area contributed by atoms with Gasteiger partial charge in [-0.05, 0) is 67.0 Å². The summed E-state index contributed by atoms with van der Waals surface area (Å²) in [6.45, 7) is 1.89. The van der Waals surface area contributed by atoms with E-state index in [0.29, 0.717) is 12.0 Å². The van der Waals surface area contributed by atoms with Gasteiger partial charge in [0.1, 0.15) is 5.75 Å². The minimum atomic E-state index is 0.450. The van der Waals surface area contributed by atoms with Crippen molar-refractivity contribution in [2.24, 2.45) is 11.7 Å². The van der Waals surface area contributed by atoms with Crippen LogP contribution in [0.25, 0.3) is 10.8 Å². The molecule has 0 spiro atoms. The lowest BCUT2D eigenvalue weighted by Crippen LogP contribution is -2.25. The molecule has 3 nitrogen and oxygen atoms in total. The molecular weight excluding hydrogens is 248 g/mol. The lowest BCUT2D eigenvalue weighted by molar-refractivity contribution is 0.280. The molecule has 2 unspecified atom stereocenters. The molecule has 1 aliphatic rings. The molecule has 2 atom stereocenters. The molecule has 0 amide bonds. The molecule has 2 aromatic rings. The van der Waals surface area contributed by atoms with Crippen LogP contribution < -0.4 is 10.5 Å². The van der Waals surface area contributed by atoms with E-state index in [1.54, 1.807) is 7.11 Å². The maximum Gasteiger partial charge on any atom is 0.119 e. The third-order valence-electron chi connectivity index (χ3n) is 4.49. The topological polar surface area (TPSA) is 38.5 Å². The van der Waals surface area contributed by atoms with E-state index in [0.717, 1.165) is 18.8 Å². The number of nitrogens with two attached hydrogens (primary N) is 1. The van der Waals surface area contributed by atoms with Crippen LogP contribution in [0, 0.1) is 5.92 Å². The molecule has 106 valence electrons. The van der Waals surface area contributed by atoms with E-state index in [9.17, 15) is 0 Å². The zero-order chi connectivity index (χ0) is 14.1. The van der Waals surface area contributed by atoms with Crippen LogP contribution in [0.15, 0.2) is 36.4 Å². The lowest BCUT2D eigenvalue weighted by Gasteiger charge is -2.25. The number of hydrogen-bond acceptors (Lipinski definition) is 3. The van der Waals surface area contributed by atoms with Crippen LogP contribution >= 0.6 is 0 Å². The van der Waals surface area contributed by atoms with E-state index in [4.69, 9.17) is 10.5 Å². The molecule has 1 heterocycles. The summed E-state index contributed by atoms with van der Waals surface area (Å²) in [7, 11) is 3.90. The standard InChI is InChI=1S/C17H22N2O/c1-19-8-7-15(11-18)17(19)14-4-3-13-10-16(20-2)6-5-12(13)9-14/h3-6,9-10,15,17H,7-8,11,18H2,1-2H3. The first kappa shape index (κ1) is 13.4. The number of fused-ring (bicyclic) bond motifs is 1. The first-order valence-electron chi connectivity index (χ1n) is 7.21. The molecule has 2 N–H and O–H groups in total. The van der Waals surface area contributed by atoms with Crippen LogP contribution in [-0.4, -0.2) is 32.1 Å². The Hall–Kier alpha value is -1.58. The summed E-state index contributed by atoms with van der Waals surface area (Å²) >= 11 is 0. The van der Waals surface area contributed by atoms with Gasteiger partial charge in [-0.3, -0.25) is 4.90 Å². The predicted octanol–water partition coefficient (Wildman–Crippen LogP) is 2.80. The van der Waals surface area contributed by atoms with Gasteiger partial charge in [0.2, 0.25) is 0 Å². The van der Waals surface area contributed by atoms with Crippen molar-refractivity contribution in [2.75, 3.05) is 27.2 Å². The minimum absolute atomic E-state index is 0.450. The summed E-state index contributed by atoms with van der Waals surface area (Å²) in [5.41, 5.74) is 7.30. The summed E-state index contributed by atoms with van der Waals surface area (Å²) < 4.78 is 5.28. The maximum absolute atomic E-state index is 5.93. The van der Waals surface area contributed by atoms with Gasteiger partial charge in [0.15, 0.2) is 0 Å². The Morgan fingerprint density at radius 3 is 2.70 bits per heavy atom. The first-order valence-corrected chi connectivity index (χ1v) is 7.21. The Labute approximate surface area is 120 Å². The molecule has 0 radical (unpaired) electrons. The van der Waals surface area contributed by atoms with Gasteiger partial charge in [-0.15, -0.1) is 0 Å². The van der Waals surface area contributed by atoms with Gasteiger partial charge in [-0.2, -0.15) is 0 Å². The lowest BCUT2D eigenvalue weighted by atomic mass is 9.92. The third kappa shape index (κ3) is 2.28. The Morgan fingerprint density at radius 1 is 1.20 bits per heavy atom. The highest BCUT2D eigenvalue weighted by Gasteiger charge is 2.31. The molecule has 1 fully saturated rings. The highest BCUT2D eigenvalue weighted by molar-refractivity contribution is 5.84. The van der Waals surface area contributed by atoms with Gasteiger partial charge in [-0.25, -0.2) is 0 Å². The van der Waals surface area contributed by atoms with Crippen molar-refractivity contribution < 1.29 is 4.74 Å². The van der Waals surface area contributed by atoms with Gasteiger partial charge in [0.05, 0.1) is 7.11 Å². The van der Waals surface area contributed by atoms with Gasteiger partial charge >= 0.3 is 0 Å². The fourth-order valence-corrected chi connectivity index (χ4v) is 3.35. The minimum Gasteiger partial charge on any atom is -0.497 e. The second-order valence-electron chi connectivity index (χ2n) is 5.68. The van der Waals surface area contributed by atoms with E-state index in [-0.39, 0.29) is 0 Å². The van der Waals surface area contributed by atoms with E-state index in [2.05, 4.69) is 42.3 Å². The SMILES string of the molecule is COc1ccc2cc(C3C(CN)CCN3C)ccc2c1. The molecule has 2 aromatic carbocycles. The van der Waals surface area contributed by atoms with Gasteiger partial charge < -0.3 is 10.5 Å². The van der Waals surface area contributed by atoms with Crippen molar-refractivity contribution >= 4 is 10.8 Å². The number of hydrogen-bond donors (Lipinski definition) is 1. The van der Waals surface area contributed by atoms with E-state index in [1.165, 1.54) is 22.8 Å². The van der Waals surface area contributed by atoms with Crippen LogP contribution in [0.5, 0.6) is 5.75 Å². The maximum atomic E-state index is 5.93. The molecule has 3 rings (SSSR count). The average Bonchev–Trinajstić information content (AvgIpc) is 2.87. The zero-order valence-electron chi connectivity index (χ0n) is 12.2. The predicted molar refractivity (Wildman–Crippen MR) is 83.0 cm³/mol. The van der Waals surface area contributed by atoms with E-state index >= 15 is 0 Å². The zero-order valence-corrected chi connectivity index (χ0v) is 12.2. The summed E-state index contributed by atoms with van der Waals surface area (Å²) in [5.74, 6) is 1.47.